The quantitative estimate of drug-likeness (QED) is 0.693. The average molecular weight is 222 g/mol. The van der Waals surface area contributed by atoms with Crippen molar-refractivity contribution < 1.29 is 14.3 Å². The maximum atomic E-state index is 11.5. The summed E-state index contributed by atoms with van der Waals surface area (Å²) < 4.78 is 10.1. The molecule has 0 aliphatic rings. The lowest BCUT2D eigenvalue weighted by Crippen LogP contribution is -2.16. The largest absolute Gasteiger partial charge is 0.461 e. The van der Waals surface area contributed by atoms with Crippen molar-refractivity contribution >= 4 is 5.97 Å². The topological polar surface area (TPSA) is 35.5 Å². The number of carbonyl (C=O) groups is 1. The predicted molar refractivity (Wildman–Crippen MR) is 61.9 cm³/mol. The highest BCUT2D eigenvalue weighted by Gasteiger charge is 2.13. The van der Waals surface area contributed by atoms with Gasteiger partial charge in [0.15, 0.2) is 0 Å². The highest BCUT2D eigenvalue weighted by molar-refractivity contribution is 5.71. The molecule has 1 unspecified atom stereocenters. The van der Waals surface area contributed by atoms with E-state index in [1.807, 2.05) is 37.3 Å². The van der Waals surface area contributed by atoms with E-state index in [9.17, 15) is 4.79 Å². The molecular weight excluding hydrogens is 204 g/mol. The molecule has 0 N–H and O–H groups in total. The van der Waals surface area contributed by atoms with Gasteiger partial charge in [0.2, 0.25) is 0 Å². The molecule has 0 aromatic heterocycles. The molecule has 0 fully saturated rings. The van der Waals surface area contributed by atoms with Gasteiger partial charge in [-0.1, -0.05) is 37.3 Å². The third-order valence-corrected chi connectivity index (χ3v) is 2.38. The van der Waals surface area contributed by atoms with E-state index in [4.69, 9.17) is 9.47 Å². The molecule has 3 nitrogen and oxygen atoms in total. The van der Waals surface area contributed by atoms with Gasteiger partial charge in [-0.3, -0.25) is 4.79 Å². The monoisotopic (exact) mass is 222 g/mol. The molecule has 1 aromatic rings. The van der Waals surface area contributed by atoms with Crippen molar-refractivity contribution in [2.24, 2.45) is 5.92 Å². The van der Waals surface area contributed by atoms with Crippen molar-refractivity contribution in [3.8, 4) is 0 Å². The Balaban J connectivity index is 2.29. The Hall–Kier alpha value is -1.35. The first-order chi connectivity index (χ1) is 7.74. The first kappa shape index (κ1) is 12.7. The molecule has 0 heterocycles. The minimum Gasteiger partial charge on any atom is -0.461 e. The fraction of sp³-hybridized carbons (Fsp3) is 0.462. The van der Waals surface area contributed by atoms with E-state index >= 15 is 0 Å². The van der Waals surface area contributed by atoms with Crippen molar-refractivity contribution in [1.82, 2.24) is 0 Å². The third kappa shape index (κ3) is 4.45. The van der Waals surface area contributed by atoms with Crippen LogP contribution in [0, 0.1) is 5.92 Å². The van der Waals surface area contributed by atoms with Gasteiger partial charge in [-0.15, -0.1) is 0 Å². The van der Waals surface area contributed by atoms with E-state index in [1.165, 1.54) is 0 Å². The van der Waals surface area contributed by atoms with Crippen molar-refractivity contribution in [2.45, 2.75) is 20.0 Å². The lowest BCUT2D eigenvalue weighted by atomic mass is 10.1. The zero-order valence-electron chi connectivity index (χ0n) is 9.81. The minimum absolute atomic E-state index is 0.108. The molecule has 0 aliphatic carbocycles. The molecule has 16 heavy (non-hydrogen) atoms. The fourth-order valence-corrected chi connectivity index (χ4v) is 1.28. The molecule has 3 heteroatoms. The molecule has 1 rings (SSSR count). The Morgan fingerprint density at radius 1 is 1.31 bits per heavy atom. The first-order valence-corrected chi connectivity index (χ1v) is 5.43. The summed E-state index contributed by atoms with van der Waals surface area (Å²) in [7, 11) is 1.63. The second-order valence-electron chi connectivity index (χ2n) is 3.78. The van der Waals surface area contributed by atoms with Gasteiger partial charge in [0.25, 0.3) is 0 Å². The van der Waals surface area contributed by atoms with E-state index in [1.54, 1.807) is 7.11 Å². The second-order valence-corrected chi connectivity index (χ2v) is 3.78. The van der Waals surface area contributed by atoms with Crippen LogP contribution in [-0.4, -0.2) is 19.7 Å². The number of esters is 1. The Morgan fingerprint density at radius 3 is 2.62 bits per heavy atom. The van der Waals surface area contributed by atoms with Crippen LogP contribution in [0.4, 0.5) is 0 Å². The molecule has 1 aromatic carbocycles. The summed E-state index contributed by atoms with van der Waals surface area (Å²) in [6.45, 7) is 2.78. The summed E-state index contributed by atoms with van der Waals surface area (Å²) in [5, 5.41) is 0. The van der Waals surface area contributed by atoms with Crippen LogP contribution in [0.1, 0.15) is 18.9 Å². The number of ether oxygens (including phenoxy) is 2. The van der Waals surface area contributed by atoms with Crippen LogP contribution in [0.3, 0.4) is 0 Å². The van der Waals surface area contributed by atoms with Crippen molar-refractivity contribution in [3.63, 3.8) is 0 Å². The Labute approximate surface area is 96.4 Å². The predicted octanol–water partition coefficient (Wildman–Crippen LogP) is 2.40. The van der Waals surface area contributed by atoms with Crippen molar-refractivity contribution in [2.75, 3.05) is 13.7 Å². The smallest absolute Gasteiger partial charge is 0.309 e. The molecule has 0 bridgehead atoms. The first-order valence-electron chi connectivity index (χ1n) is 5.43. The van der Waals surface area contributed by atoms with Gasteiger partial charge in [0.05, 0.1) is 5.92 Å². The molecule has 0 radical (unpaired) electrons. The Morgan fingerprint density at radius 2 is 2.00 bits per heavy atom. The summed E-state index contributed by atoms with van der Waals surface area (Å²) in [5.41, 5.74) is 1.01. The van der Waals surface area contributed by atoms with Crippen LogP contribution in [0.15, 0.2) is 30.3 Å². The molecule has 0 saturated heterocycles. The molecule has 1 atom stereocenters. The second kappa shape index (κ2) is 7.01. The summed E-state index contributed by atoms with van der Waals surface area (Å²) in [5.74, 6) is -0.274. The molecule has 0 saturated carbocycles. The van der Waals surface area contributed by atoms with E-state index < -0.39 is 0 Å². The van der Waals surface area contributed by atoms with Gasteiger partial charge in [-0.2, -0.15) is 0 Å². The van der Waals surface area contributed by atoms with Gasteiger partial charge >= 0.3 is 5.97 Å². The lowest BCUT2D eigenvalue weighted by molar-refractivity contribution is -0.149. The zero-order valence-corrected chi connectivity index (χ0v) is 9.81. The summed E-state index contributed by atoms with van der Waals surface area (Å²) in [6, 6.07) is 9.67. The van der Waals surface area contributed by atoms with Gasteiger partial charge in [-0.05, 0) is 12.0 Å². The van der Waals surface area contributed by atoms with Gasteiger partial charge < -0.3 is 9.47 Å². The van der Waals surface area contributed by atoms with Crippen molar-refractivity contribution in [3.05, 3.63) is 35.9 Å². The third-order valence-electron chi connectivity index (χ3n) is 2.38. The molecule has 0 aliphatic heterocycles. The van der Waals surface area contributed by atoms with Crippen LogP contribution in [0.2, 0.25) is 0 Å². The van der Waals surface area contributed by atoms with E-state index in [0.29, 0.717) is 19.6 Å². The minimum atomic E-state index is -0.166. The number of methoxy groups -OCH3 is 1. The standard InChI is InChI=1S/C13H18O3/c1-11(8-9-15-2)13(14)16-10-12-6-4-3-5-7-12/h3-7,11H,8-10H2,1-2H3. The zero-order chi connectivity index (χ0) is 11.8. The normalized spacial score (nSPS) is 12.1. The van der Waals surface area contributed by atoms with Gasteiger partial charge in [0, 0.05) is 13.7 Å². The van der Waals surface area contributed by atoms with Crippen LogP contribution >= 0.6 is 0 Å². The molecular formula is C13H18O3. The number of hydrogen-bond donors (Lipinski definition) is 0. The van der Waals surface area contributed by atoms with Gasteiger partial charge in [-0.25, -0.2) is 0 Å². The molecule has 0 amide bonds. The van der Waals surface area contributed by atoms with Gasteiger partial charge in [0.1, 0.15) is 6.61 Å². The molecule has 88 valence electrons. The fourth-order valence-electron chi connectivity index (χ4n) is 1.28. The Bertz CT molecular complexity index is 308. The highest BCUT2D eigenvalue weighted by Crippen LogP contribution is 2.07. The van der Waals surface area contributed by atoms with E-state index in [0.717, 1.165) is 5.56 Å². The lowest BCUT2D eigenvalue weighted by Gasteiger charge is -2.10. The summed E-state index contributed by atoms with van der Waals surface area (Å²) >= 11 is 0. The Kier molecular flexibility index (Phi) is 5.57. The van der Waals surface area contributed by atoms with Crippen LogP contribution in [0.5, 0.6) is 0 Å². The van der Waals surface area contributed by atoms with Crippen LogP contribution in [0.25, 0.3) is 0 Å². The SMILES string of the molecule is COCCC(C)C(=O)OCc1ccccc1. The van der Waals surface area contributed by atoms with E-state index in [-0.39, 0.29) is 11.9 Å². The summed E-state index contributed by atoms with van der Waals surface area (Å²) in [4.78, 5) is 11.5. The maximum absolute atomic E-state index is 11.5. The number of benzene rings is 1. The number of rotatable bonds is 6. The van der Waals surface area contributed by atoms with E-state index in [2.05, 4.69) is 0 Å². The average Bonchev–Trinajstić information content (AvgIpc) is 2.34. The molecule has 0 spiro atoms. The maximum Gasteiger partial charge on any atom is 0.309 e. The van der Waals surface area contributed by atoms with Crippen molar-refractivity contribution in [1.29, 1.82) is 0 Å². The highest BCUT2D eigenvalue weighted by atomic mass is 16.5. The van der Waals surface area contributed by atoms with Crippen LogP contribution < -0.4 is 0 Å². The summed E-state index contributed by atoms with van der Waals surface area (Å²) in [6.07, 6.45) is 0.699. The number of carbonyl (C=O) groups excluding carboxylic acids is 1. The number of hydrogen-bond acceptors (Lipinski definition) is 3. The van der Waals surface area contributed by atoms with Crippen LogP contribution in [-0.2, 0) is 20.9 Å².